The lowest BCUT2D eigenvalue weighted by atomic mass is 10.1. The zero-order valence-electron chi connectivity index (χ0n) is 23.7. The van der Waals surface area contributed by atoms with Gasteiger partial charge in [-0.05, 0) is 24.0 Å². The van der Waals surface area contributed by atoms with Crippen molar-refractivity contribution in [3.8, 4) is 0 Å². The second-order valence-electron chi connectivity index (χ2n) is 9.80. The lowest BCUT2D eigenvalue weighted by molar-refractivity contribution is -0.139. The number of nitrogens with two attached hydrogens (primary N) is 2. The Kier molecular flexibility index (Phi) is 22.9. The second-order valence-corrected chi connectivity index (χ2v) is 9.80. The molecule has 6 nitrogen and oxygen atoms in total. The summed E-state index contributed by atoms with van der Waals surface area (Å²) in [4.78, 5) is 20.8. The molecule has 214 valence electrons. The third-order valence-electron chi connectivity index (χ3n) is 6.19. The van der Waals surface area contributed by atoms with Crippen molar-refractivity contribution in [1.29, 1.82) is 0 Å². The number of rotatable bonds is 17. The molecule has 38 heavy (non-hydrogen) atoms. The van der Waals surface area contributed by atoms with E-state index in [2.05, 4.69) is 13.8 Å². The summed E-state index contributed by atoms with van der Waals surface area (Å²) in [7, 11) is 0. The van der Waals surface area contributed by atoms with Gasteiger partial charge in [0.15, 0.2) is 0 Å². The van der Waals surface area contributed by atoms with Crippen LogP contribution < -0.4 is 11.5 Å². The van der Waals surface area contributed by atoms with E-state index in [9.17, 15) is 9.59 Å². The molecule has 6 heteroatoms. The monoisotopic (exact) mass is 528 g/mol. The average Bonchev–Trinajstić information content (AvgIpc) is 2.91. The molecule has 0 saturated carbocycles. The molecule has 0 fully saturated rings. The molecule has 0 amide bonds. The van der Waals surface area contributed by atoms with Crippen LogP contribution in [0.15, 0.2) is 60.7 Å². The van der Waals surface area contributed by atoms with Gasteiger partial charge in [-0.15, -0.1) is 0 Å². The number of unbranched alkanes of at least 4 members (excludes halogenated alkanes) is 11. The number of aliphatic carboxylic acids is 2. The quantitative estimate of drug-likeness (QED) is 0.164. The standard InChI is InChI=1S/C14H30.2C9H11NO2/c1-3-5-7-9-11-13-14-12-10-8-6-4-2;2*10-8(9(11)12)6-7-4-2-1-3-5-7/h3-14H2,1-2H3;2*1-5,8H,6,10H2,(H,11,12)/t;2*8-/m.00/s1. The van der Waals surface area contributed by atoms with E-state index in [0.29, 0.717) is 12.8 Å². The van der Waals surface area contributed by atoms with Crippen molar-refractivity contribution in [3.63, 3.8) is 0 Å². The van der Waals surface area contributed by atoms with E-state index in [1.807, 2.05) is 60.7 Å². The zero-order chi connectivity index (χ0) is 28.4. The number of carboxylic acids is 2. The van der Waals surface area contributed by atoms with Gasteiger partial charge in [0.25, 0.3) is 0 Å². The summed E-state index contributed by atoms with van der Waals surface area (Å²) in [5.41, 5.74) is 12.6. The van der Waals surface area contributed by atoms with Crippen molar-refractivity contribution < 1.29 is 19.8 Å². The van der Waals surface area contributed by atoms with Gasteiger partial charge < -0.3 is 21.7 Å². The summed E-state index contributed by atoms with van der Waals surface area (Å²) in [5.74, 6) is -1.92. The van der Waals surface area contributed by atoms with Crippen LogP contribution >= 0.6 is 0 Å². The van der Waals surface area contributed by atoms with Crippen molar-refractivity contribution in [3.05, 3.63) is 71.8 Å². The van der Waals surface area contributed by atoms with Crippen LogP contribution in [0.4, 0.5) is 0 Å². The Balaban J connectivity index is 0.000000542. The van der Waals surface area contributed by atoms with Crippen LogP contribution in [0, 0.1) is 0 Å². The topological polar surface area (TPSA) is 127 Å². The molecule has 2 aromatic rings. The van der Waals surface area contributed by atoms with Crippen molar-refractivity contribution in [2.45, 2.75) is 116 Å². The molecule has 0 unspecified atom stereocenters. The van der Waals surface area contributed by atoms with Crippen molar-refractivity contribution in [2.75, 3.05) is 0 Å². The molecule has 0 spiro atoms. The molecule has 2 aromatic carbocycles. The van der Waals surface area contributed by atoms with Crippen LogP contribution in [-0.2, 0) is 22.4 Å². The Morgan fingerprint density at radius 2 is 0.816 bits per heavy atom. The summed E-state index contributed by atoms with van der Waals surface area (Å²) in [5, 5.41) is 17.0. The van der Waals surface area contributed by atoms with E-state index in [4.69, 9.17) is 21.7 Å². The Hall–Kier alpha value is -2.70. The minimum Gasteiger partial charge on any atom is -0.480 e. The summed E-state index contributed by atoms with van der Waals surface area (Å²) in [6, 6.07) is 17.1. The molecule has 0 heterocycles. The number of hydrogen-bond donors (Lipinski definition) is 4. The molecule has 0 aliphatic rings. The molecule has 0 bridgehead atoms. The van der Waals surface area contributed by atoms with Crippen LogP contribution in [0.3, 0.4) is 0 Å². The first kappa shape index (κ1) is 35.3. The van der Waals surface area contributed by atoms with Gasteiger partial charge in [0.05, 0.1) is 0 Å². The molecule has 2 rings (SSSR count). The van der Waals surface area contributed by atoms with Gasteiger partial charge in [0.2, 0.25) is 0 Å². The number of benzene rings is 2. The Bertz CT molecular complexity index is 745. The van der Waals surface area contributed by atoms with Crippen LogP contribution in [0.2, 0.25) is 0 Å². The van der Waals surface area contributed by atoms with Gasteiger partial charge in [-0.1, -0.05) is 152 Å². The second kappa shape index (κ2) is 24.6. The predicted octanol–water partition coefficient (Wildman–Crippen LogP) is 6.99. The highest BCUT2D eigenvalue weighted by molar-refractivity contribution is 5.73. The van der Waals surface area contributed by atoms with Crippen LogP contribution in [-0.4, -0.2) is 34.2 Å². The molecule has 0 radical (unpaired) electrons. The fraction of sp³-hybridized carbons (Fsp3) is 0.562. The highest BCUT2D eigenvalue weighted by atomic mass is 16.4. The maximum atomic E-state index is 10.4. The molecule has 6 N–H and O–H groups in total. The van der Waals surface area contributed by atoms with E-state index in [1.165, 1.54) is 77.0 Å². The lowest BCUT2D eigenvalue weighted by Gasteiger charge is -2.04. The number of hydrogen-bond acceptors (Lipinski definition) is 4. The van der Waals surface area contributed by atoms with Gasteiger partial charge in [0.1, 0.15) is 12.1 Å². The Labute approximate surface area is 230 Å². The molecular weight excluding hydrogens is 476 g/mol. The third-order valence-corrected chi connectivity index (χ3v) is 6.19. The molecule has 0 aliphatic carbocycles. The SMILES string of the molecule is CCCCCCCCCCCCCC.N[C@@H](Cc1ccccc1)C(=O)O.N[C@@H](Cc1ccccc1)C(=O)O. The fourth-order valence-electron chi connectivity index (χ4n) is 3.82. The van der Waals surface area contributed by atoms with Gasteiger partial charge in [-0.2, -0.15) is 0 Å². The first-order chi connectivity index (χ1) is 18.3. The Morgan fingerprint density at radius 1 is 0.553 bits per heavy atom. The number of carbonyl (C=O) groups is 2. The van der Waals surface area contributed by atoms with Gasteiger partial charge in [-0.25, -0.2) is 0 Å². The molecule has 2 atom stereocenters. The fourth-order valence-corrected chi connectivity index (χ4v) is 3.82. The van der Waals surface area contributed by atoms with Crippen LogP contribution in [0.1, 0.15) is 102 Å². The molecule has 0 aliphatic heterocycles. The van der Waals surface area contributed by atoms with Gasteiger partial charge in [0, 0.05) is 0 Å². The van der Waals surface area contributed by atoms with Crippen molar-refractivity contribution in [2.24, 2.45) is 11.5 Å². The van der Waals surface area contributed by atoms with E-state index in [0.717, 1.165) is 11.1 Å². The normalized spacial score (nSPS) is 11.8. The van der Waals surface area contributed by atoms with Crippen molar-refractivity contribution in [1.82, 2.24) is 0 Å². The largest absolute Gasteiger partial charge is 0.480 e. The molecule has 0 aromatic heterocycles. The highest BCUT2D eigenvalue weighted by Crippen LogP contribution is 2.11. The minimum absolute atomic E-state index is 0.385. The zero-order valence-corrected chi connectivity index (χ0v) is 23.7. The van der Waals surface area contributed by atoms with E-state index in [-0.39, 0.29) is 0 Å². The van der Waals surface area contributed by atoms with Gasteiger partial charge >= 0.3 is 11.9 Å². The summed E-state index contributed by atoms with van der Waals surface area (Å²) in [6.45, 7) is 4.57. The van der Waals surface area contributed by atoms with E-state index < -0.39 is 24.0 Å². The van der Waals surface area contributed by atoms with Crippen molar-refractivity contribution >= 4 is 11.9 Å². The highest BCUT2D eigenvalue weighted by Gasteiger charge is 2.11. The van der Waals surface area contributed by atoms with Gasteiger partial charge in [-0.3, -0.25) is 9.59 Å². The summed E-state index contributed by atoms with van der Waals surface area (Å²) in [6.07, 6.45) is 18.2. The van der Waals surface area contributed by atoms with E-state index >= 15 is 0 Å². The maximum absolute atomic E-state index is 10.4. The predicted molar refractivity (Wildman–Crippen MR) is 158 cm³/mol. The average molecular weight is 529 g/mol. The van der Waals surface area contributed by atoms with Crippen LogP contribution in [0.25, 0.3) is 0 Å². The Morgan fingerprint density at radius 3 is 1.05 bits per heavy atom. The lowest BCUT2D eigenvalue weighted by Crippen LogP contribution is -2.32. The first-order valence-electron chi connectivity index (χ1n) is 14.4. The summed E-state index contributed by atoms with van der Waals surface area (Å²) < 4.78 is 0. The summed E-state index contributed by atoms with van der Waals surface area (Å²) >= 11 is 0. The third kappa shape index (κ3) is 21.4. The smallest absolute Gasteiger partial charge is 0.320 e. The van der Waals surface area contributed by atoms with E-state index in [1.54, 1.807) is 0 Å². The molecular formula is C32H52N2O4. The minimum atomic E-state index is -0.959. The first-order valence-corrected chi connectivity index (χ1v) is 14.4. The maximum Gasteiger partial charge on any atom is 0.320 e. The van der Waals surface area contributed by atoms with Crippen LogP contribution in [0.5, 0.6) is 0 Å². The number of carboxylic acid groups (broad SMARTS) is 2. The molecule has 0 saturated heterocycles.